The highest BCUT2D eigenvalue weighted by Crippen LogP contribution is 2.24. The van der Waals surface area contributed by atoms with E-state index in [0.29, 0.717) is 6.61 Å². The maximum atomic E-state index is 5.52. The number of nitrogens with one attached hydrogen (secondary N) is 1. The molecule has 0 fully saturated rings. The van der Waals surface area contributed by atoms with Crippen molar-refractivity contribution in [3.8, 4) is 0 Å². The first-order valence-corrected chi connectivity index (χ1v) is 7.08. The molecule has 110 valence electrons. The van der Waals surface area contributed by atoms with Gasteiger partial charge >= 0.3 is 0 Å². The van der Waals surface area contributed by atoms with Crippen LogP contribution in [0.25, 0.3) is 5.52 Å². The maximum Gasteiger partial charge on any atom is 0.152 e. The van der Waals surface area contributed by atoms with Gasteiger partial charge in [-0.1, -0.05) is 20.8 Å². The van der Waals surface area contributed by atoms with Crippen molar-refractivity contribution < 1.29 is 4.74 Å². The van der Waals surface area contributed by atoms with E-state index in [1.54, 1.807) is 6.20 Å². The summed E-state index contributed by atoms with van der Waals surface area (Å²) in [5, 5.41) is 7.92. The normalized spacial score (nSPS) is 12.3. The van der Waals surface area contributed by atoms with E-state index < -0.39 is 0 Å². The largest absolute Gasteiger partial charge is 0.377 e. The van der Waals surface area contributed by atoms with Gasteiger partial charge in [0, 0.05) is 24.4 Å². The molecule has 20 heavy (non-hydrogen) atoms. The molecular formula is C15H24N4O. The van der Waals surface area contributed by atoms with Gasteiger partial charge in [0.2, 0.25) is 0 Å². The van der Waals surface area contributed by atoms with Crippen LogP contribution in [0.2, 0.25) is 0 Å². The predicted octanol–water partition coefficient (Wildman–Crippen LogP) is 2.86. The summed E-state index contributed by atoms with van der Waals surface area (Å²) in [7, 11) is 0. The van der Waals surface area contributed by atoms with Crippen molar-refractivity contribution in [2.45, 2.75) is 46.1 Å². The minimum Gasteiger partial charge on any atom is -0.377 e. The summed E-state index contributed by atoms with van der Waals surface area (Å²) < 4.78 is 7.40. The van der Waals surface area contributed by atoms with Crippen molar-refractivity contribution in [3.05, 3.63) is 24.2 Å². The van der Waals surface area contributed by atoms with Gasteiger partial charge in [0.25, 0.3) is 0 Å². The van der Waals surface area contributed by atoms with Crippen LogP contribution >= 0.6 is 0 Å². The first-order valence-electron chi connectivity index (χ1n) is 7.08. The quantitative estimate of drug-likeness (QED) is 0.853. The molecule has 0 saturated heterocycles. The van der Waals surface area contributed by atoms with E-state index in [1.807, 2.05) is 24.6 Å². The molecule has 0 spiro atoms. The Hall–Kier alpha value is -1.62. The number of anilines is 1. The number of ether oxygens (including phenoxy) is 1. The van der Waals surface area contributed by atoms with Gasteiger partial charge in [-0.25, -0.2) is 9.50 Å². The van der Waals surface area contributed by atoms with Crippen molar-refractivity contribution in [2.75, 3.05) is 18.5 Å². The van der Waals surface area contributed by atoms with E-state index >= 15 is 0 Å². The van der Waals surface area contributed by atoms with Crippen LogP contribution < -0.4 is 5.32 Å². The van der Waals surface area contributed by atoms with Gasteiger partial charge in [-0.15, -0.1) is 0 Å². The molecule has 1 N–H and O–H groups in total. The second-order valence-corrected chi connectivity index (χ2v) is 6.23. The fraction of sp³-hybridized carbons (Fsp3) is 0.600. The number of hydrogen-bond acceptors (Lipinski definition) is 4. The van der Waals surface area contributed by atoms with Crippen LogP contribution in [0.15, 0.2) is 18.5 Å². The third-order valence-corrected chi connectivity index (χ3v) is 3.00. The molecule has 2 aromatic rings. The van der Waals surface area contributed by atoms with Gasteiger partial charge in [0.1, 0.15) is 5.52 Å². The molecule has 5 nitrogen and oxygen atoms in total. The summed E-state index contributed by atoms with van der Waals surface area (Å²) in [6.45, 7) is 11.9. The summed E-state index contributed by atoms with van der Waals surface area (Å²) >= 11 is 0. The lowest BCUT2D eigenvalue weighted by molar-refractivity contribution is 0.0870. The van der Waals surface area contributed by atoms with Crippen LogP contribution in [0.3, 0.4) is 0 Å². The Balaban J connectivity index is 2.15. The Morgan fingerprint density at radius 1 is 1.35 bits per heavy atom. The molecule has 0 aromatic carbocycles. The zero-order valence-electron chi connectivity index (χ0n) is 13.0. The van der Waals surface area contributed by atoms with Crippen LogP contribution in [-0.2, 0) is 10.2 Å². The number of nitrogens with zero attached hydrogens (tertiary/aromatic N) is 3. The van der Waals surface area contributed by atoms with Gasteiger partial charge in [-0.05, 0) is 19.9 Å². The third kappa shape index (κ3) is 3.48. The van der Waals surface area contributed by atoms with E-state index in [9.17, 15) is 0 Å². The summed E-state index contributed by atoms with van der Waals surface area (Å²) in [6, 6.07) is 2.10. The molecular weight excluding hydrogens is 252 g/mol. The van der Waals surface area contributed by atoms with Crippen LogP contribution in [0.1, 0.15) is 40.3 Å². The van der Waals surface area contributed by atoms with Gasteiger partial charge < -0.3 is 10.1 Å². The SMILES string of the molecule is CC(C)OCCNc1nccn2nc(C(C)(C)C)cc12. The molecule has 0 aliphatic carbocycles. The highest BCUT2D eigenvalue weighted by Gasteiger charge is 2.18. The predicted molar refractivity (Wildman–Crippen MR) is 81.3 cm³/mol. The van der Waals surface area contributed by atoms with Crippen LogP contribution in [0, 0.1) is 0 Å². The summed E-state index contributed by atoms with van der Waals surface area (Å²) in [6.07, 6.45) is 3.89. The van der Waals surface area contributed by atoms with Crippen molar-refractivity contribution in [3.63, 3.8) is 0 Å². The fourth-order valence-corrected chi connectivity index (χ4v) is 1.89. The number of rotatable bonds is 5. The molecule has 5 heteroatoms. The smallest absolute Gasteiger partial charge is 0.152 e. The summed E-state index contributed by atoms with van der Waals surface area (Å²) in [4.78, 5) is 4.39. The van der Waals surface area contributed by atoms with Crippen molar-refractivity contribution in [1.29, 1.82) is 0 Å². The average Bonchev–Trinajstić information content (AvgIpc) is 2.78. The Morgan fingerprint density at radius 3 is 2.75 bits per heavy atom. The molecule has 0 unspecified atom stereocenters. The zero-order chi connectivity index (χ0) is 14.8. The fourth-order valence-electron chi connectivity index (χ4n) is 1.89. The lowest BCUT2D eigenvalue weighted by Crippen LogP contribution is -2.14. The topological polar surface area (TPSA) is 51.5 Å². The van der Waals surface area contributed by atoms with E-state index in [2.05, 4.69) is 42.2 Å². The Labute approximate surface area is 120 Å². The molecule has 2 rings (SSSR count). The molecule has 0 saturated carbocycles. The van der Waals surface area contributed by atoms with Gasteiger partial charge in [0.15, 0.2) is 5.82 Å². The standard InChI is InChI=1S/C15H24N4O/c1-11(2)20-9-7-17-14-12-10-13(15(3,4)5)18-19(12)8-6-16-14/h6,8,10-11H,7,9H2,1-5H3,(H,16,17). The van der Waals surface area contributed by atoms with E-state index in [0.717, 1.165) is 23.6 Å². The molecule has 0 bridgehead atoms. The molecule has 0 aliphatic rings. The first-order chi connectivity index (χ1) is 9.38. The average molecular weight is 276 g/mol. The molecule has 0 radical (unpaired) electrons. The van der Waals surface area contributed by atoms with Crippen LogP contribution in [0.4, 0.5) is 5.82 Å². The number of hydrogen-bond donors (Lipinski definition) is 1. The number of aromatic nitrogens is 3. The molecule has 0 aliphatic heterocycles. The van der Waals surface area contributed by atoms with Crippen molar-refractivity contribution >= 4 is 11.3 Å². The second-order valence-electron chi connectivity index (χ2n) is 6.23. The van der Waals surface area contributed by atoms with Crippen molar-refractivity contribution in [1.82, 2.24) is 14.6 Å². The lowest BCUT2D eigenvalue weighted by Gasteiger charge is -2.13. The van der Waals surface area contributed by atoms with Gasteiger partial charge in [-0.2, -0.15) is 5.10 Å². The monoisotopic (exact) mass is 276 g/mol. The minimum atomic E-state index is 0.0318. The Morgan fingerprint density at radius 2 is 2.10 bits per heavy atom. The first kappa shape index (κ1) is 14.8. The highest BCUT2D eigenvalue weighted by molar-refractivity contribution is 5.68. The summed E-state index contributed by atoms with van der Waals surface area (Å²) in [5.74, 6) is 0.850. The Kier molecular flexibility index (Phi) is 4.28. The van der Waals surface area contributed by atoms with E-state index in [-0.39, 0.29) is 11.5 Å². The highest BCUT2D eigenvalue weighted by atomic mass is 16.5. The summed E-state index contributed by atoms with van der Waals surface area (Å²) in [5.41, 5.74) is 2.10. The zero-order valence-corrected chi connectivity index (χ0v) is 13.0. The minimum absolute atomic E-state index is 0.0318. The lowest BCUT2D eigenvalue weighted by atomic mass is 9.92. The molecule has 2 heterocycles. The van der Waals surface area contributed by atoms with E-state index in [4.69, 9.17) is 4.74 Å². The van der Waals surface area contributed by atoms with Crippen molar-refractivity contribution in [2.24, 2.45) is 0 Å². The second kappa shape index (κ2) is 5.79. The molecule has 0 atom stereocenters. The van der Waals surface area contributed by atoms with Crippen LogP contribution in [0.5, 0.6) is 0 Å². The molecule has 0 amide bonds. The van der Waals surface area contributed by atoms with Gasteiger partial charge in [0.05, 0.1) is 18.4 Å². The van der Waals surface area contributed by atoms with Gasteiger partial charge in [-0.3, -0.25) is 0 Å². The van der Waals surface area contributed by atoms with E-state index in [1.165, 1.54) is 0 Å². The Bertz CT molecular complexity index is 569. The molecule has 2 aromatic heterocycles. The third-order valence-electron chi connectivity index (χ3n) is 3.00. The van der Waals surface area contributed by atoms with Crippen LogP contribution in [-0.4, -0.2) is 33.9 Å². The number of fused-ring (bicyclic) bond motifs is 1. The maximum absolute atomic E-state index is 5.52.